The van der Waals surface area contributed by atoms with Crippen LogP contribution in [0.3, 0.4) is 0 Å². The molecule has 0 aromatic heterocycles. The van der Waals surface area contributed by atoms with Crippen LogP contribution in [0.25, 0.3) is 5.70 Å². The molecule has 0 saturated carbocycles. The zero-order valence-corrected chi connectivity index (χ0v) is 13.3. The fourth-order valence-electron chi connectivity index (χ4n) is 3.18. The van der Waals surface area contributed by atoms with Gasteiger partial charge in [-0.2, -0.15) is 4.58 Å². The molecule has 0 amide bonds. The summed E-state index contributed by atoms with van der Waals surface area (Å²) in [7, 11) is 0. The van der Waals surface area contributed by atoms with E-state index >= 15 is 0 Å². The molecular formula is C16H14ClNO3S. The number of hydrogen-bond acceptors (Lipinski definition) is 4. The number of halogens is 1. The predicted molar refractivity (Wildman–Crippen MR) is 81.2 cm³/mol. The highest BCUT2D eigenvalue weighted by molar-refractivity contribution is 8.03. The quantitative estimate of drug-likeness (QED) is 0.598. The van der Waals surface area contributed by atoms with E-state index in [2.05, 4.69) is 28.4 Å². The molecule has 4 heterocycles. The van der Waals surface area contributed by atoms with Crippen molar-refractivity contribution in [3.63, 3.8) is 0 Å². The minimum absolute atomic E-state index is 0. The molecule has 1 aromatic carbocycles. The van der Waals surface area contributed by atoms with Gasteiger partial charge in [-0.25, -0.2) is 0 Å². The third-order valence-electron chi connectivity index (χ3n) is 4.24. The molecule has 6 heteroatoms. The van der Waals surface area contributed by atoms with Gasteiger partial charge >= 0.3 is 0 Å². The molecule has 22 heavy (non-hydrogen) atoms. The van der Waals surface area contributed by atoms with Gasteiger partial charge in [0, 0.05) is 18.1 Å². The first-order chi connectivity index (χ1) is 10.4. The Hall–Kier alpha value is -1.59. The highest BCUT2D eigenvalue weighted by atomic mass is 35.5. The van der Waals surface area contributed by atoms with Crippen LogP contribution in [0.2, 0.25) is 0 Å². The molecule has 0 saturated heterocycles. The molecule has 4 nitrogen and oxygen atoms in total. The molecule has 2 unspecified atom stereocenters. The van der Waals surface area contributed by atoms with E-state index in [0.717, 1.165) is 29.4 Å². The summed E-state index contributed by atoms with van der Waals surface area (Å²) >= 11 is 1.88. The number of thioether (sulfide) groups is 1. The molecule has 0 bridgehead atoms. The van der Waals surface area contributed by atoms with Crippen molar-refractivity contribution in [2.45, 2.75) is 5.25 Å². The fraction of sp³-hybridized carbons (Fsp3) is 0.312. The van der Waals surface area contributed by atoms with E-state index in [0.29, 0.717) is 17.8 Å². The first-order valence-electron chi connectivity index (χ1n) is 7.11. The van der Waals surface area contributed by atoms with E-state index in [-0.39, 0.29) is 19.2 Å². The molecule has 4 aliphatic heterocycles. The molecule has 5 rings (SSSR count). The number of hydrogen-bond donors (Lipinski definition) is 0. The Balaban J connectivity index is 0.00000125. The van der Waals surface area contributed by atoms with Gasteiger partial charge in [0.1, 0.15) is 12.4 Å². The lowest BCUT2D eigenvalue weighted by molar-refractivity contribution is -0.430. The molecule has 1 aromatic rings. The Morgan fingerprint density at radius 2 is 1.95 bits per heavy atom. The molecule has 4 aliphatic rings. The Bertz CT molecular complexity index is 728. The van der Waals surface area contributed by atoms with Gasteiger partial charge in [0.15, 0.2) is 24.3 Å². The van der Waals surface area contributed by atoms with E-state index in [1.807, 2.05) is 23.9 Å². The topological polar surface area (TPSA) is 30.7 Å². The van der Waals surface area contributed by atoms with Gasteiger partial charge < -0.3 is 26.6 Å². The summed E-state index contributed by atoms with van der Waals surface area (Å²) in [4.78, 5) is 0. The van der Waals surface area contributed by atoms with Crippen LogP contribution in [-0.4, -0.2) is 36.0 Å². The molecule has 2 atom stereocenters. The van der Waals surface area contributed by atoms with Crippen molar-refractivity contribution in [2.75, 3.05) is 19.9 Å². The summed E-state index contributed by atoms with van der Waals surface area (Å²) < 4.78 is 19.2. The summed E-state index contributed by atoms with van der Waals surface area (Å²) in [5, 5.41) is 2.72. The van der Waals surface area contributed by atoms with Gasteiger partial charge in [-0.05, 0) is 11.5 Å². The van der Waals surface area contributed by atoms with Crippen molar-refractivity contribution in [1.82, 2.24) is 0 Å². The third kappa shape index (κ3) is 2.03. The second kappa shape index (κ2) is 5.25. The molecule has 114 valence electrons. The Morgan fingerprint density at radius 1 is 1.09 bits per heavy atom. The van der Waals surface area contributed by atoms with Crippen molar-refractivity contribution in [3.05, 3.63) is 35.3 Å². The number of fused-ring (bicyclic) bond motifs is 5. The van der Waals surface area contributed by atoms with Gasteiger partial charge in [-0.15, -0.1) is 11.8 Å². The maximum Gasteiger partial charge on any atom is 0.231 e. The van der Waals surface area contributed by atoms with Crippen molar-refractivity contribution in [1.29, 1.82) is 0 Å². The monoisotopic (exact) mass is 335 g/mol. The second-order valence-corrected chi connectivity index (χ2v) is 6.54. The summed E-state index contributed by atoms with van der Waals surface area (Å²) in [5.41, 5.74) is 2.31. The first-order valence-corrected chi connectivity index (χ1v) is 8.05. The average Bonchev–Trinajstić information content (AvgIpc) is 3.09. The number of allylic oxidation sites excluding steroid dienone is 2. The van der Waals surface area contributed by atoms with Crippen molar-refractivity contribution >= 4 is 23.7 Å². The normalized spacial score (nSPS) is 26.5. The maximum absolute atomic E-state index is 5.92. The molecular weight excluding hydrogens is 322 g/mol. The lowest BCUT2D eigenvalue weighted by Crippen LogP contribution is -3.00. The van der Waals surface area contributed by atoms with Crippen LogP contribution in [0, 0.1) is 5.92 Å². The lowest BCUT2D eigenvalue weighted by Gasteiger charge is -2.17. The highest BCUT2D eigenvalue weighted by Gasteiger charge is 2.36. The molecule has 0 radical (unpaired) electrons. The SMILES string of the molecule is C1=CC2C=C3c4cc5c(cc4OCC[N+]3=CC2S1)OCO5.[Cl-]. The first kappa shape index (κ1) is 14.0. The maximum atomic E-state index is 5.92. The lowest BCUT2D eigenvalue weighted by atomic mass is 9.98. The van der Waals surface area contributed by atoms with Crippen LogP contribution < -0.4 is 26.6 Å². The predicted octanol–water partition coefficient (Wildman–Crippen LogP) is -0.505. The summed E-state index contributed by atoms with van der Waals surface area (Å²) in [6, 6.07) is 4.00. The number of benzene rings is 1. The Labute approximate surface area is 138 Å². The summed E-state index contributed by atoms with van der Waals surface area (Å²) in [6.45, 7) is 1.84. The van der Waals surface area contributed by atoms with Crippen LogP contribution in [0.4, 0.5) is 0 Å². The van der Waals surface area contributed by atoms with Crippen LogP contribution >= 0.6 is 11.8 Å². The van der Waals surface area contributed by atoms with Gasteiger partial charge in [-0.3, -0.25) is 0 Å². The highest BCUT2D eigenvalue weighted by Crippen LogP contribution is 2.44. The van der Waals surface area contributed by atoms with Gasteiger partial charge in [0.05, 0.1) is 10.8 Å². The summed E-state index contributed by atoms with van der Waals surface area (Å²) in [5.74, 6) is 2.93. The number of ether oxygens (including phenoxy) is 3. The van der Waals surface area contributed by atoms with Crippen molar-refractivity contribution in [2.24, 2.45) is 5.92 Å². The van der Waals surface area contributed by atoms with Gasteiger partial charge in [0.25, 0.3) is 0 Å². The second-order valence-electron chi connectivity index (χ2n) is 5.45. The van der Waals surface area contributed by atoms with Crippen LogP contribution in [0.1, 0.15) is 5.56 Å². The minimum atomic E-state index is 0. The molecule has 0 aliphatic carbocycles. The fourth-order valence-corrected chi connectivity index (χ4v) is 4.21. The zero-order chi connectivity index (χ0) is 13.8. The largest absolute Gasteiger partial charge is 1.00 e. The molecule has 0 N–H and O–H groups in total. The Morgan fingerprint density at radius 3 is 2.86 bits per heavy atom. The standard InChI is InChI=1S/C16H14NO3S.ClH/c1-4-21-16-8-17-2-3-18-13-7-15-14(19-9-20-15)6-11(13)12(17)5-10(1)16;/h1,4-8,10,16H,2-3,9H2;1H/q+1;/p-1. The zero-order valence-electron chi connectivity index (χ0n) is 11.7. The minimum Gasteiger partial charge on any atom is -1.00 e. The van der Waals surface area contributed by atoms with Crippen molar-refractivity contribution < 1.29 is 31.2 Å². The van der Waals surface area contributed by atoms with Crippen LogP contribution in [0.15, 0.2) is 29.7 Å². The third-order valence-corrected chi connectivity index (χ3v) is 5.31. The van der Waals surface area contributed by atoms with E-state index in [4.69, 9.17) is 14.2 Å². The number of rotatable bonds is 0. The molecule has 0 fully saturated rings. The van der Waals surface area contributed by atoms with Crippen LogP contribution in [0.5, 0.6) is 17.2 Å². The van der Waals surface area contributed by atoms with Crippen molar-refractivity contribution in [3.8, 4) is 17.2 Å². The molecule has 0 spiro atoms. The van der Waals surface area contributed by atoms with Crippen LogP contribution in [-0.2, 0) is 0 Å². The van der Waals surface area contributed by atoms with E-state index in [9.17, 15) is 0 Å². The van der Waals surface area contributed by atoms with E-state index in [1.165, 1.54) is 5.70 Å². The van der Waals surface area contributed by atoms with E-state index < -0.39 is 0 Å². The van der Waals surface area contributed by atoms with E-state index in [1.54, 1.807) is 0 Å². The smallest absolute Gasteiger partial charge is 0.231 e. The number of nitrogens with zero attached hydrogens (tertiary/aromatic N) is 1. The Kier molecular flexibility index (Phi) is 3.35. The van der Waals surface area contributed by atoms with Gasteiger partial charge in [-0.1, -0.05) is 6.08 Å². The average molecular weight is 336 g/mol. The van der Waals surface area contributed by atoms with Gasteiger partial charge in [0.2, 0.25) is 12.5 Å². The summed E-state index contributed by atoms with van der Waals surface area (Å²) in [6.07, 6.45) is 6.94.